The van der Waals surface area contributed by atoms with Crippen molar-refractivity contribution in [1.82, 2.24) is 4.90 Å². The van der Waals surface area contributed by atoms with E-state index in [-0.39, 0.29) is 12.5 Å². The lowest BCUT2D eigenvalue weighted by Gasteiger charge is -2.20. The van der Waals surface area contributed by atoms with Gasteiger partial charge < -0.3 is 10.0 Å². The number of benzene rings is 1. The van der Waals surface area contributed by atoms with Crippen molar-refractivity contribution in [2.75, 3.05) is 13.1 Å². The van der Waals surface area contributed by atoms with Crippen LogP contribution in [0.25, 0.3) is 0 Å². The second-order valence-electron chi connectivity index (χ2n) is 4.97. The first-order chi connectivity index (χ1) is 8.83. The smallest absolute Gasteiger partial charge is 0.311 e. The molecule has 0 aromatic heterocycles. The van der Waals surface area contributed by atoms with Crippen LogP contribution in [-0.2, 0) is 4.79 Å². The Morgan fingerprint density at radius 1 is 1.47 bits per heavy atom. The first-order valence-electron chi connectivity index (χ1n) is 5.81. The number of carboxylic acids is 1. The summed E-state index contributed by atoms with van der Waals surface area (Å²) in [5, 5.41) is 9.77. The summed E-state index contributed by atoms with van der Waals surface area (Å²) in [5.41, 5.74) is -0.293. The summed E-state index contributed by atoms with van der Waals surface area (Å²) in [5.74, 6) is -0.993. The van der Waals surface area contributed by atoms with Crippen molar-refractivity contribution in [3.63, 3.8) is 0 Å². The fraction of sp³-hybridized carbons (Fsp3) is 0.385. The minimum absolute atomic E-state index is 0.139. The van der Waals surface area contributed by atoms with Gasteiger partial charge in [0.2, 0.25) is 0 Å². The Hall–Kier alpha value is -0.820. The van der Waals surface area contributed by atoms with Crippen molar-refractivity contribution in [2.24, 2.45) is 5.41 Å². The number of carbonyl (C=O) groups is 2. The van der Waals surface area contributed by atoms with Gasteiger partial charge in [-0.2, -0.15) is 0 Å². The van der Waals surface area contributed by atoms with Gasteiger partial charge in [-0.25, -0.2) is 0 Å². The van der Waals surface area contributed by atoms with Crippen LogP contribution < -0.4 is 0 Å². The lowest BCUT2D eigenvalue weighted by molar-refractivity contribution is -0.147. The minimum atomic E-state index is -0.853. The van der Waals surface area contributed by atoms with E-state index in [9.17, 15) is 9.59 Å². The molecule has 1 amide bonds. The first kappa shape index (κ1) is 14.6. The van der Waals surface area contributed by atoms with Gasteiger partial charge in [0.1, 0.15) is 0 Å². The molecule has 1 fully saturated rings. The van der Waals surface area contributed by atoms with Crippen molar-refractivity contribution in [3.05, 3.63) is 32.4 Å². The molecule has 0 spiro atoms. The van der Waals surface area contributed by atoms with Gasteiger partial charge in [-0.15, -0.1) is 0 Å². The van der Waals surface area contributed by atoms with Crippen LogP contribution in [0.15, 0.2) is 18.2 Å². The molecule has 1 aliphatic rings. The summed E-state index contributed by atoms with van der Waals surface area (Å²) in [6, 6.07) is 5.08. The topological polar surface area (TPSA) is 57.6 Å². The van der Waals surface area contributed by atoms with Crippen LogP contribution in [-0.4, -0.2) is 35.0 Å². The van der Waals surface area contributed by atoms with Crippen LogP contribution >= 0.6 is 34.2 Å². The molecule has 1 aliphatic heterocycles. The number of aliphatic carboxylic acids is 1. The number of nitrogens with zero attached hydrogens (tertiary/aromatic N) is 1. The highest BCUT2D eigenvalue weighted by Crippen LogP contribution is 2.31. The van der Waals surface area contributed by atoms with Gasteiger partial charge in [-0.1, -0.05) is 11.6 Å². The zero-order valence-corrected chi connectivity index (χ0v) is 13.2. The van der Waals surface area contributed by atoms with E-state index in [4.69, 9.17) is 16.7 Å². The molecule has 19 heavy (non-hydrogen) atoms. The third kappa shape index (κ3) is 2.86. The maximum absolute atomic E-state index is 12.3. The molecule has 1 unspecified atom stereocenters. The third-order valence-electron chi connectivity index (χ3n) is 3.44. The summed E-state index contributed by atoms with van der Waals surface area (Å²) >= 11 is 7.99. The highest BCUT2D eigenvalue weighted by atomic mass is 127. The summed E-state index contributed by atoms with van der Waals surface area (Å²) in [6.45, 7) is 2.40. The predicted octanol–water partition coefficient (Wildman–Crippen LogP) is 2.88. The summed E-state index contributed by atoms with van der Waals surface area (Å²) in [7, 11) is 0. The number of hydrogen-bond donors (Lipinski definition) is 1. The van der Waals surface area contributed by atoms with E-state index in [0.717, 1.165) is 3.57 Å². The molecule has 1 atom stereocenters. The maximum Gasteiger partial charge on any atom is 0.311 e. The number of carboxylic acid groups (broad SMARTS) is 1. The van der Waals surface area contributed by atoms with Crippen LogP contribution in [0.2, 0.25) is 5.02 Å². The van der Waals surface area contributed by atoms with Crippen LogP contribution in [0, 0.1) is 8.99 Å². The Balaban J connectivity index is 2.18. The molecule has 6 heteroatoms. The Morgan fingerprint density at radius 2 is 2.16 bits per heavy atom. The van der Waals surface area contributed by atoms with Crippen molar-refractivity contribution in [3.8, 4) is 0 Å². The second-order valence-corrected chi connectivity index (χ2v) is 6.54. The normalized spacial score (nSPS) is 22.6. The number of rotatable bonds is 2. The molecule has 4 nitrogen and oxygen atoms in total. The molecule has 0 radical (unpaired) electrons. The summed E-state index contributed by atoms with van der Waals surface area (Å²) in [6.07, 6.45) is 0.485. The average Bonchev–Trinajstić information content (AvgIpc) is 2.76. The van der Waals surface area contributed by atoms with E-state index in [1.807, 2.05) is 0 Å². The Kier molecular flexibility index (Phi) is 4.06. The van der Waals surface area contributed by atoms with E-state index in [2.05, 4.69) is 22.6 Å². The van der Waals surface area contributed by atoms with E-state index in [0.29, 0.717) is 23.6 Å². The fourth-order valence-electron chi connectivity index (χ4n) is 2.12. The van der Waals surface area contributed by atoms with E-state index >= 15 is 0 Å². The molecule has 0 aliphatic carbocycles. The van der Waals surface area contributed by atoms with Crippen molar-refractivity contribution in [1.29, 1.82) is 0 Å². The molecule has 1 aromatic carbocycles. The Labute approximate surface area is 129 Å². The predicted molar refractivity (Wildman–Crippen MR) is 80.4 cm³/mol. The van der Waals surface area contributed by atoms with Gasteiger partial charge in [0.05, 0.1) is 10.4 Å². The standard InChI is InChI=1S/C13H13ClINO3/c1-13(12(18)19)4-5-16(7-13)11(17)8-2-3-9(14)10(15)6-8/h2-3,6H,4-5,7H2,1H3,(H,18,19). The maximum atomic E-state index is 12.3. The number of likely N-dealkylation sites (tertiary alicyclic amines) is 1. The van der Waals surface area contributed by atoms with E-state index in [1.54, 1.807) is 30.0 Å². The van der Waals surface area contributed by atoms with Gasteiger partial charge >= 0.3 is 5.97 Å². The highest BCUT2D eigenvalue weighted by Gasteiger charge is 2.42. The fourth-order valence-corrected chi connectivity index (χ4v) is 2.75. The first-order valence-corrected chi connectivity index (χ1v) is 7.27. The molecular formula is C13H13ClINO3. The molecule has 102 valence electrons. The molecular weight excluding hydrogens is 381 g/mol. The summed E-state index contributed by atoms with van der Waals surface area (Å²) < 4.78 is 0.810. The van der Waals surface area contributed by atoms with Gasteiger partial charge in [-0.3, -0.25) is 9.59 Å². The van der Waals surface area contributed by atoms with Crippen molar-refractivity contribution < 1.29 is 14.7 Å². The molecule has 1 saturated heterocycles. The lowest BCUT2D eigenvalue weighted by atomic mass is 9.90. The SMILES string of the molecule is CC1(C(=O)O)CCN(C(=O)c2ccc(Cl)c(I)c2)C1. The highest BCUT2D eigenvalue weighted by molar-refractivity contribution is 14.1. The molecule has 1 heterocycles. The van der Waals surface area contributed by atoms with Crippen LogP contribution in [0.5, 0.6) is 0 Å². The van der Waals surface area contributed by atoms with Crippen molar-refractivity contribution in [2.45, 2.75) is 13.3 Å². The molecule has 1 aromatic rings. The monoisotopic (exact) mass is 393 g/mol. The van der Waals surface area contributed by atoms with Gasteiger partial charge in [-0.05, 0) is 54.1 Å². The van der Waals surface area contributed by atoms with Gasteiger partial charge in [0.25, 0.3) is 5.91 Å². The average molecular weight is 394 g/mol. The van der Waals surface area contributed by atoms with E-state index < -0.39 is 11.4 Å². The zero-order chi connectivity index (χ0) is 14.2. The minimum Gasteiger partial charge on any atom is -0.481 e. The van der Waals surface area contributed by atoms with Crippen LogP contribution in [0.1, 0.15) is 23.7 Å². The molecule has 0 bridgehead atoms. The number of halogens is 2. The number of carbonyl (C=O) groups excluding carboxylic acids is 1. The third-order valence-corrected chi connectivity index (χ3v) is 4.98. The van der Waals surface area contributed by atoms with Gasteiger partial charge in [0.15, 0.2) is 0 Å². The van der Waals surface area contributed by atoms with Crippen molar-refractivity contribution >= 4 is 46.1 Å². The Bertz CT molecular complexity index is 549. The molecule has 2 rings (SSSR count). The zero-order valence-electron chi connectivity index (χ0n) is 10.3. The van der Waals surface area contributed by atoms with Crippen LogP contribution in [0.4, 0.5) is 0 Å². The second kappa shape index (κ2) is 5.28. The lowest BCUT2D eigenvalue weighted by Crippen LogP contribution is -2.34. The molecule has 0 saturated carbocycles. The van der Waals surface area contributed by atoms with Gasteiger partial charge in [0, 0.05) is 22.2 Å². The Morgan fingerprint density at radius 3 is 2.68 bits per heavy atom. The number of hydrogen-bond acceptors (Lipinski definition) is 2. The largest absolute Gasteiger partial charge is 0.481 e. The van der Waals surface area contributed by atoms with Crippen LogP contribution in [0.3, 0.4) is 0 Å². The number of amides is 1. The molecule has 1 N–H and O–H groups in total. The van der Waals surface area contributed by atoms with E-state index in [1.165, 1.54) is 0 Å². The quantitative estimate of drug-likeness (QED) is 0.786. The summed E-state index contributed by atoms with van der Waals surface area (Å²) in [4.78, 5) is 25.1.